The number of halogens is 1. The van der Waals surface area contributed by atoms with E-state index in [-0.39, 0.29) is 17.4 Å². The van der Waals surface area contributed by atoms with Crippen molar-refractivity contribution in [3.05, 3.63) is 61.4 Å². The van der Waals surface area contributed by atoms with Crippen molar-refractivity contribution in [2.24, 2.45) is 7.05 Å². The van der Waals surface area contributed by atoms with Crippen LogP contribution in [0.25, 0.3) is 0 Å². The van der Waals surface area contributed by atoms with Gasteiger partial charge in [-0.25, -0.2) is 4.79 Å². The summed E-state index contributed by atoms with van der Waals surface area (Å²) in [5.74, 6) is -0.0204. The summed E-state index contributed by atoms with van der Waals surface area (Å²) in [7, 11) is 1.34. The minimum atomic E-state index is -0.588. The molecule has 0 amide bonds. The molecule has 2 rings (SSSR count). The van der Waals surface area contributed by atoms with Gasteiger partial charge in [-0.1, -0.05) is 11.6 Å². The lowest BCUT2D eigenvalue weighted by Gasteiger charge is -2.11. The van der Waals surface area contributed by atoms with Gasteiger partial charge in [0.2, 0.25) is 0 Å². The fraction of sp³-hybridized carbons (Fsp3) is 0.154. The molecule has 0 fully saturated rings. The highest BCUT2D eigenvalue weighted by atomic mass is 35.5. The molecule has 0 radical (unpaired) electrons. The van der Waals surface area contributed by atoms with Gasteiger partial charge < -0.3 is 5.11 Å². The molecule has 0 aliphatic rings. The van der Waals surface area contributed by atoms with Gasteiger partial charge in [-0.15, -0.1) is 0 Å². The van der Waals surface area contributed by atoms with Gasteiger partial charge in [-0.05, 0) is 23.8 Å². The van der Waals surface area contributed by atoms with E-state index < -0.39 is 11.2 Å². The minimum absolute atomic E-state index is 0.0108. The van der Waals surface area contributed by atoms with Gasteiger partial charge in [-0.3, -0.25) is 13.9 Å². The van der Waals surface area contributed by atoms with Crippen molar-refractivity contribution in [2.75, 3.05) is 0 Å². The van der Waals surface area contributed by atoms with Gasteiger partial charge in [0, 0.05) is 13.1 Å². The van der Waals surface area contributed by atoms with E-state index in [1.807, 2.05) is 6.07 Å². The van der Waals surface area contributed by atoms with E-state index in [1.54, 1.807) is 0 Å². The van der Waals surface area contributed by atoms with Gasteiger partial charge in [0.25, 0.3) is 5.56 Å². The molecule has 0 saturated heterocycles. The molecule has 102 valence electrons. The molecular weight excluding hydrogens is 282 g/mol. The molecular formula is C13H10ClN3O3. The molecule has 20 heavy (non-hydrogen) atoms. The Balaban J connectivity index is 2.60. The second kappa shape index (κ2) is 5.23. The summed E-state index contributed by atoms with van der Waals surface area (Å²) >= 11 is 5.90. The quantitative estimate of drug-likeness (QED) is 0.830. The molecule has 0 saturated carbocycles. The van der Waals surface area contributed by atoms with E-state index in [9.17, 15) is 14.7 Å². The molecule has 1 heterocycles. The number of hydrogen-bond acceptors (Lipinski definition) is 4. The lowest BCUT2D eigenvalue weighted by atomic mass is 10.1. The van der Waals surface area contributed by atoms with E-state index in [1.165, 1.54) is 25.2 Å². The number of nitrogens with zero attached hydrogens (tertiary/aromatic N) is 3. The third kappa shape index (κ3) is 2.44. The fourth-order valence-corrected chi connectivity index (χ4v) is 2.00. The molecule has 0 aliphatic heterocycles. The smallest absolute Gasteiger partial charge is 0.332 e. The predicted octanol–water partition coefficient (Wildman–Crippen LogP) is 0.826. The largest absolute Gasteiger partial charge is 0.508 e. The van der Waals surface area contributed by atoms with E-state index in [0.717, 1.165) is 15.2 Å². The summed E-state index contributed by atoms with van der Waals surface area (Å²) in [5.41, 5.74) is -0.336. The number of nitriles is 1. The van der Waals surface area contributed by atoms with Gasteiger partial charge in [-0.2, -0.15) is 5.26 Å². The summed E-state index contributed by atoms with van der Waals surface area (Å²) in [4.78, 5) is 23.4. The molecule has 0 bridgehead atoms. The number of benzene rings is 1. The van der Waals surface area contributed by atoms with Crippen LogP contribution in [0, 0.1) is 11.3 Å². The van der Waals surface area contributed by atoms with Crippen molar-refractivity contribution in [1.29, 1.82) is 5.26 Å². The lowest BCUT2D eigenvalue weighted by molar-refractivity contribution is 0.474. The number of aromatic nitrogens is 2. The summed E-state index contributed by atoms with van der Waals surface area (Å²) in [5, 5.41) is 18.5. The Morgan fingerprint density at radius 2 is 2.05 bits per heavy atom. The van der Waals surface area contributed by atoms with Crippen LogP contribution >= 0.6 is 11.6 Å². The topological polar surface area (TPSA) is 88.0 Å². The summed E-state index contributed by atoms with van der Waals surface area (Å²) in [6.07, 6.45) is 0. The monoisotopic (exact) mass is 291 g/mol. The maximum atomic E-state index is 12.0. The van der Waals surface area contributed by atoms with Gasteiger partial charge in [0.15, 0.2) is 0 Å². The predicted molar refractivity (Wildman–Crippen MR) is 72.9 cm³/mol. The summed E-state index contributed by atoms with van der Waals surface area (Å²) in [6.45, 7) is -0.0108. The van der Waals surface area contributed by atoms with Crippen LogP contribution < -0.4 is 11.2 Å². The second-order valence-corrected chi connectivity index (χ2v) is 4.57. The first-order chi connectivity index (χ1) is 9.43. The minimum Gasteiger partial charge on any atom is -0.508 e. The maximum Gasteiger partial charge on any atom is 0.332 e. The van der Waals surface area contributed by atoms with E-state index in [2.05, 4.69) is 0 Å². The highest BCUT2D eigenvalue weighted by Gasteiger charge is 2.11. The zero-order valence-electron chi connectivity index (χ0n) is 10.5. The van der Waals surface area contributed by atoms with Crippen LogP contribution in [0.2, 0.25) is 5.15 Å². The molecule has 1 N–H and O–H groups in total. The van der Waals surface area contributed by atoms with Crippen LogP contribution in [0.1, 0.15) is 11.1 Å². The Kier molecular flexibility index (Phi) is 3.63. The first-order valence-electron chi connectivity index (χ1n) is 5.62. The number of aromatic hydroxyl groups is 1. The Morgan fingerprint density at radius 1 is 1.35 bits per heavy atom. The third-order valence-electron chi connectivity index (χ3n) is 2.89. The molecule has 0 atom stereocenters. The number of phenols is 1. The maximum absolute atomic E-state index is 12.0. The number of hydrogen-bond donors (Lipinski definition) is 1. The molecule has 6 nitrogen and oxygen atoms in total. The van der Waals surface area contributed by atoms with E-state index >= 15 is 0 Å². The van der Waals surface area contributed by atoms with Crippen molar-refractivity contribution in [3.63, 3.8) is 0 Å². The molecule has 1 aromatic carbocycles. The second-order valence-electron chi connectivity index (χ2n) is 4.19. The highest BCUT2D eigenvalue weighted by Crippen LogP contribution is 2.17. The van der Waals surface area contributed by atoms with Gasteiger partial charge >= 0.3 is 5.69 Å². The number of rotatable bonds is 2. The molecule has 0 spiro atoms. The Morgan fingerprint density at radius 3 is 2.70 bits per heavy atom. The van der Waals surface area contributed by atoms with Crippen molar-refractivity contribution >= 4 is 11.6 Å². The molecule has 7 heteroatoms. The third-order valence-corrected chi connectivity index (χ3v) is 3.20. The van der Waals surface area contributed by atoms with Gasteiger partial charge in [0.05, 0.1) is 18.2 Å². The molecule has 1 aromatic heterocycles. The Bertz CT molecular complexity index is 830. The SMILES string of the molecule is Cn1c(=O)cc(Cl)n(Cc2cc(O)ccc2C#N)c1=O. The van der Waals surface area contributed by atoms with Crippen LogP contribution in [-0.2, 0) is 13.6 Å². The molecule has 0 aliphatic carbocycles. The first-order valence-corrected chi connectivity index (χ1v) is 6.00. The van der Waals surface area contributed by atoms with Crippen LogP contribution in [-0.4, -0.2) is 14.2 Å². The average Bonchev–Trinajstić information content (AvgIpc) is 2.41. The van der Waals surface area contributed by atoms with E-state index in [0.29, 0.717) is 11.1 Å². The van der Waals surface area contributed by atoms with Crippen molar-refractivity contribution in [2.45, 2.75) is 6.54 Å². The average molecular weight is 292 g/mol. The lowest BCUT2D eigenvalue weighted by Crippen LogP contribution is -2.38. The van der Waals surface area contributed by atoms with Gasteiger partial charge in [0.1, 0.15) is 10.9 Å². The van der Waals surface area contributed by atoms with Crippen molar-refractivity contribution < 1.29 is 5.11 Å². The fourth-order valence-electron chi connectivity index (χ4n) is 1.78. The molecule has 0 unspecified atom stereocenters. The zero-order valence-corrected chi connectivity index (χ0v) is 11.3. The van der Waals surface area contributed by atoms with Crippen LogP contribution in [0.5, 0.6) is 5.75 Å². The summed E-state index contributed by atoms with van der Waals surface area (Å²) in [6, 6.07) is 7.31. The van der Waals surface area contributed by atoms with Crippen LogP contribution in [0.3, 0.4) is 0 Å². The zero-order chi connectivity index (χ0) is 14.9. The normalized spacial score (nSPS) is 10.2. The van der Waals surface area contributed by atoms with Crippen LogP contribution in [0.15, 0.2) is 33.9 Å². The standard InChI is InChI=1S/C13H10ClN3O3/c1-16-12(19)5-11(14)17(13(16)20)7-9-4-10(18)3-2-8(9)6-15/h2-5,18H,7H2,1H3. The Labute approximate surface area is 118 Å². The van der Waals surface area contributed by atoms with E-state index in [4.69, 9.17) is 16.9 Å². The van der Waals surface area contributed by atoms with Crippen molar-refractivity contribution in [1.82, 2.24) is 9.13 Å². The highest BCUT2D eigenvalue weighted by molar-refractivity contribution is 6.29. The first kappa shape index (κ1) is 13.9. The Hall–Kier alpha value is -2.52. The van der Waals surface area contributed by atoms with Crippen LogP contribution in [0.4, 0.5) is 0 Å². The summed E-state index contributed by atoms with van der Waals surface area (Å²) < 4.78 is 2.07. The molecule has 2 aromatic rings. The van der Waals surface area contributed by atoms with Crippen molar-refractivity contribution in [3.8, 4) is 11.8 Å². The number of phenolic OH excluding ortho intramolecular Hbond substituents is 1.